The highest BCUT2D eigenvalue weighted by Crippen LogP contribution is 2.41. The van der Waals surface area contributed by atoms with E-state index >= 15 is 0 Å². The minimum absolute atomic E-state index is 0.0721. The number of esters is 1. The highest BCUT2D eigenvalue weighted by Gasteiger charge is 2.26. The Labute approximate surface area is 123 Å². The molecule has 1 aliphatic carbocycles. The quantitative estimate of drug-likeness (QED) is 0.483. The summed E-state index contributed by atoms with van der Waals surface area (Å²) in [5, 5.41) is 9.27. The molecule has 1 aromatic rings. The molecule has 0 amide bonds. The molecule has 0 aromatic heterocycles. The van der Waals surface area contributed by atoms with Crippen LogP contribution in [0.1, 0.15) is 24.5 Å². The zero-order valence-electron chi connectivity index (χ0n) is 12.4. The molecule has 21 heavy (non-hydrogen) atoms. The summed E-state index contributed by atoms with van der Waals surface area (Å²) < 4.78 is 15.5. The van der Waals surface area contributed by atoms with Crippen LogP contribution >= 0.6 is 0 Å². The predicted octanol–water partition coefficient (Wildman–Crippen LogP) is 2.49. The highest BCUT2D eigenvalue weighted by atomic mass is 16.5. The molecule has 0 spiro atoms. The number of aryl methyl sites for hydroxylation is 1. The molecular formula is C16H17NO4. The molecule has 0 saturated heterocycles. The Bertz CT molecular complexity index is 640. The number of ether oxygens (including phenoxy) is 3. The predicted molar refractivity (Wildman–Crippen MR) is 77.0 cm³/mol. The molecule has 0 bridgehead atoms. The molecule has 2 rings (SSSR count). The van der Waals surface area contributed by atoms with Gasteiger partial charge in [-0.1, -0.05) is 0 Å². The minimum Gasteiger partial charge on any atom is -0.493 e. The van der Waals surface area contributed by atoms with Crippen molar-refractivity contribution >= 4 is 11.5 Å². The number of rotatable bonds is 4. The molecule has 5 heteroatoms. The van der Waals surface area contributed by atoms with E-state index in [4.69, 9.17) is 14.2 Å². The largest absolute Gasteiger partial charge is 0.493 e. The van der Waals surface area contributed by atoms with Crippen LogP contribution in [0.2, 0.25) is 0 Å². The molecule has 0 atom stereocenters. The molecular weight excluding hydrogens is 270 g/mol. The van der Waals surface area contributed by atoms with Crippen LogP contribution in [0, 0.1) is 11.3 Å². The van der Waals surface area contributed by atoms with Crippen molar-refractivity contribution in [1.82, 2.24) is 0 Å². The topological polar surface area (TPSA) is 68.6 Å². The Hall–Kier alpha value is -2.48. The van der Waals surface area contributed by atoms with Gasteiger partial charge in [0.15, 0.2) is 11.5 Å². The fourth-order valence-electron chi connectivity index (χ4n) is 2.50. The summed E-state index contributed by atoms with van der Waals surface area (Å²) in [7, 11) is 3.13. The van der Waals surface area contributed by atoms with Gasteiger partial charge in [0.25, 0.3) is 0 Å². The van der Waals surface area contributed by atoms with Crippen molar-refractivity contribution in [3.05, 3.63) is 28.8 Å². The average Bonchev–Trinajstić information content (AvgIpc) is 2.89. The van der Waals surface area contributed by atoms with Crippen molar-refractivity contribution in [1.29, 1.82) is 5.26 Å². The summed E-state index contributed by atoms with van der Waals surface area (Å²) in [4.78, 5) is 11.9. The van der Waals surface area contributed by atoms with Gasteiger partial charge in [-0.05, 0) is 48.6 Å². The molecule has 0 radical (unpaired) electrons. The zero-order valence-corrected chi connectivity index (χ0v) is 12.4. The van der Waals surface area contributed by atoms with E-state index < -0.39 is 5.97 Å². The Morgan fingerprint density at radius 3 is 2.48 bits per heavy atom. The maximum absolute atomic E-state index is 11.9. The number of hydrogen-bond acceptors (Lipinski definition) is 5. The van der Waals surface area contributed by atoms with E-state index in [1.165, 1.54) is 0 Å². The second kappa shape index (κ2) is 6.31. The third-order valence-corrected chi connectivity index (χ3v) is 3.47. The molecule has 0 aliphatic heterocycles. The number of hydrogen-bond donors (Lipinski definition) is 0. The summed E-state index contributed by atoms with van der Waals surface area (Å²) in [5.74, 6) is 0.654. The summed E-state index contributed by atoms with van der Waals surface area (Å²) >= 11 is 0. The van der Waals surface area contributed by atoms with Crippen LogP contribution in [0.3, 0.4) is 0 Å². The van der Waals surface area contributed by atoms with Crippen LogP contribution < -0.4 is 9.47 Å². The third kappa shape index (κ3) is 2.70. The third-order valence-electron chi connectivity index (χ3n) is 3.47. The second-order valence-corrected chi connectivity index (χ2v) is 4.55. The lowest BCUT2D eigenvalue weighted by Gasteiger charge is -2.11. The highest BCUT2D eigenvalue weighted by molar-refractivity contribution is 6.02. The maximum atomic E-state index is 11.9. The van der Waals surface area contributed by atoms with Crippen LogP contribution in [0.4, 0.5) is 0 Å². The molecule has 1 aromatic carbocycles. The van der Waals surface area contributed by atoms with Crippen molar-refractivity contribution in [3.63, 3.8) is 0 Å². The number of carbonyl (C=O) groups excluding carboxylic acids is 1. The van der Waals surface area contributed by atoms with Crippen LogP contribution in [0.15, 0.2) is 17.7 Å². The fraction of sp³-hybridized carbons (Fsp3) is 0.375. The number of carbonyl (C=O) groups is 1. The molecule has 0 unspecified atom stereocenters. The van der Waals surface area contributed by atoms with Gasteiger partial charge in [-0.25, -0.2) is 4.79 Å². The Kier molecular flexibility index (Phi) is 4.49. The van der Waals surface area contributed by atoms with Crippen LogP contribution in [0.25, 0.3) is 5.57 Å². The summed E-state index contributed by atoms with van der Waals surface area (Å²) in [6.45, 7) is 1.96. The first-order valence-electron chi connectivity index (χ1n) is 6.71. The number of fused-ring (bicyclic) bond motifs is 1. The van der Waals surface area contributed by atoms with Crippen molar-refractivity contribution in [2.45, 2.75) is 19.8 Å². The Morgan fingerprint density at radius 1 is 1.24 bits per heavy atom. The van der Waals surface area contributed by atoms with E-state index in [0.717, 1.165) is 17.5 Å². The minimum atomic E-state index is -0.572. The van der Waals surface area contributed by atoms with Crippen LogP contribution in [-0.4, -0.2) is 26.8 Å². The van der Waals surface area contributed by atoms with Gasteiger partial charge in [-0.2, -0.15) is 5.26 Å². The van der Waals surface area contributed by atoms with E-state index in [1.54, 1.807) is 21.1 Å². The number of benzene rings is 1. The number of nitriles is 1. The van der Waals surface area contributed by atoms with E-state index in [2.05, 4.69) is 0 Å². The average molecular weight is 287 g/mol. The number of methoxy groups -OCH3 is 2. The second-order valence-electron chi connectivity index (χ2n) is 4.55. The van der Waals surface area contributed by atoms with E-state index in [-0.39, 0.29) is 12.2 Å². The van der Waals surface area contributed by atoms with Gasteiger partial charge >= 0.3 is 5.97 Å². The summed E-state index contributed by atoms with van der Waals surface area (Å²) in [5.41, 5.74) is 2.69. The normalized spacial score (nSPS) is 15.0. The van der Waals surface area contributed by atoms with Gasteiger partial charge in [0, 0.05) is 0 Å². The zero-order chi connectivity index (χ0) is 15.4. The van der Waals surface area contributed by atoms with Crippen LogP contribution in [0.5, 0.6) is 11.5 Å². The number of nitrogens with zero attached hydrogens (tertiary/aromatic N) is 1. The smallest absolute Gasteiger partial charge is 0.349 e. The van der Waals surface area contributed by atoms with Gasteiger partial charge < -0.3 is 14.2 Å². The first kappa shape index (κ1) is 14.9. The molecule has 0 heterocycles. The van der Waals surface area contributed by atoms with Crippen LogP contribution in [-0.2, 0) is 16.0 Å². The van der Waals surface area contributed by atoms with Crippen molar-refractivity contribution in [3.8, 4) is 17.6 Å². The van der Waals surface area contributed by atoms with Gasteiger partial charge in [0.2, 0.25) is 0 Å². The van der Waals surface area contributed by atoms with E-state index in [9.17, 15) is 10.1 Å². The van der Waals surface area contributed by atoms with Crippen molar-refractivity contribution in [2.24, 2.45) is 0 Å². The summed E-state index contributed by atoms with van der Waals surface area (Å²) in [6, 6.07) is 5.67. The first-order chi connectivity index (χ1) is 10.2. The van der Waals surface area contributed by atoms with Crippen molar-refractivity contribution < 1.29 is 19.0 Å². The lowest BCUT2D eigenvalue weighted by molar-refractivity contribution is -0.137. The maximum Gasteiger partial charge on any atom is 0.349 e. The molecule has 1 aliphatic rings. The van der Waals surface area contributed by atoms with Gasteiger partial charge in [0.1, 0.15) is 11.6 Å². The summed E-state index contributed by atoms with van der Waals surface area (Å²) in [6.07, 6.45) is 1.39. The van der Waals surface area contributed by atoms with Gasteiger partial charge in [-0.3, -0.25) is 0 Å². The van der Waals surface area contributed by atoms with Crippen molar-refractivity contribution in [2.75, 3.05) is 20.8 Å². The number of allylic oxidation sites excluding steroid dienone is 1. The van der Waals surface area contributed by atoms with E-state index in [0.29, 0.717) is 23.5 Å². The van der Waals surface area contributed by atoms with Gasteiger partial charge in [-0.15, -0.1) is 0 Å². The molecule has 0 saturated carbocycles. The monoisotopic (exact) mass is 287 g/mol. The van der Waals surface area contributed by atoms with Gasteiger partial charge in [0.05, 0.1) is 20.8 Å². The lowest BCUT2D eigenvalue weighted by atomic mass is 10.0. The Morgan fingerprint density at radius 2 is 1.90 bits per heavy atom. The molecule has 5 nitrogen and oxygen atoms in total. The lowest BCUT2D eigenvalue weighted by Crippen LogP contribution is -2.08. The standard InChI is InChI=1S/C16H17NO4/c1-4-21-16(18)13(9-17)11-6-5-10-7-14(19-2)15(20-3)8-12(10)11/h7-8H,4-6H2,1-3H3/b13-11+. The van der Waals surface area contributed by atoms with E-state index in [1.807, 2.05) is 18.2 Å². The molecule has 0 fully saturated rings. The molecule has 110 valence electrons. The first-order valence-corrected chi connectivity index (χ1v) is 6.71. The Balaban J connectivity index is 2.55. The fourth-order valence-corrected chi connectivity index (χ4v) is 2.50. The SMILES string of the molecule is CCOC(=O)/C(C#N)=C1\CCc2cc(OC)c(OC)cc21. The molecule has 0 N–H and O–H groups in total.